The molecule has 0 bridgehead atoms. The minimum Gasteiger partial charge on any atom is -0.350 e. The summed E-state index contributed by atoms with van der Waals surface area (Å²) in [6.45, 7) is 3.17. The molecule has 4 heterocycles. The Hall–Kier alpha value is -2.91. The molecule has 1 saturated heterocycles. The zero-order chi connectivity index (χ0) is 21.2. The molecule has 1 aromatic carbocycles. The highest BCUT2D eigenvalue weighted by molar-refractivity contribution is 7.13. The average Bonchev–Trinajstić information content (AvgIpc) is 3.44. The van der Waals surface area contributed by atoms with Gasteiger partial charge in [-0.3, -0.25) is 0 Å². The minimum atomic E-state index is -0.865. The van der Waals surface area contributed by atoms with Crippen LogP contribution in [0.4, 0.5) is 14.7 Å². The van der Waals surface area contributed by atoms with Crippen LogP contribution in [0.5, 0.6) is 0 Å². The van der Waals surface area contributed by atoms with Gasteiger partial charge in [-0.05, 0) is 61.0 Å². The Morgan fingerprint density at radius 2 is 2.13 bits per heavy atom. The normalized spacial score (nSPS) is 16.6. The molecule has 0 radical (unpaired) electrons. The van der Waals surface area contributed by atoms with Crippen molar-refractivity contribution in [3.63, 3.8) is 0 Å². The summed E-state index contributed by atoms with van der Waals surface area (Å²) in [4.78, 5) is 15.0. The van der Waals surface area contributed by atoms with E-state index in [1.807, 2.05) is 11.4 Å². The average molecular weight is 441 g/mol. The van der Waals surface area contributed by atoms with Gasteiger partial charge in [0, 0.05) is 13.1 Å². The van der Waals surface area contributed by atoms with Crippen molar-refractivity contribution in [1.29, 1.82) is 0 Å². The first-order chi connectivity index (χ1) is 15.2. The van der Waals surface area contributed by atoms with Gasteiger partial charge in [0.1, 0.15) is 5.52 Å². The highest BCUT2D eigenvalue weighted by Gasteiger charge is 2.20. The predicted molar refractivity (Wildman–Crippen MR) is 118 cm³/mol. The number of hydrogen-bond donors (Lipinski definition) is 2. The lowest BCUT2D eigenvalue weighted by Gasteiger charge is -2.23. The van der Waals surface area contributed by atoms with Gasteiger partial charge >= 0.3 is 0 Å². The first-order valence-electron chi connectivity index (χ1n) is 10.3. The quantitative estimate of drug-likeness (QED) is 0.464. The Morgan fingerprint density at radius 3 is 2.90 bits per heavy atom. The molecule has 6 nitrogen and oxygen atoms in total. The third-order valence-corrected chi connectivity index (χ3v) is 6.37. The van der Waals surface area contributed by atoms with Crippen molar-refractivity contribution < 1.29 is 8.78 Å². The summed E-state index contributed by atoms with van der Waals surface area (Å²) in [7, 11) is 0. The van der Waals surface area contributed by atoms with Crippen LogP contribution in [-0.4, -0.2) is 32.6 Å². The highest BCUT2D eigenvalue weighted by Crippen LogP contribution is 2.29. The zero-order valence-electron chi connectivity index (χ0n) is 16.8. The van der Waals surface area contributed by atoms with Crippen molar-refractivity contribution in [2.75, 3.05) is 18.4 Å². The van der Waals surface area contributed by atoms with Gasteiger partial charge < -0.3 is 15.2 Å². The second kappa shape index (κ2) is 8.68. The molecule has 2 N–H and O–H groups in total. The van der Waals surface area contributed by atoms with Crippen LogP contribution in [0.15, 0.2) is 41.9 Å². The molecule has 160 valence electrons. The maximum absolute atomic E-state index is 13.5. The van der Waals surface area contributed by atoms with Gasteiger partial charge in [-0.2, -0.15) is 4.98 Å². The minimum absolute atomic E-state index is 0.293. The van der Waals surface area contributed by atoms with Gasteiger partial charge in [-0.1, -0.05) is 12.1 Å². The second-order valence-corrected chi connectivity index (χ2v) is 8.69. The van der Waals surface area contributed by atoms with E-state index in [1.165, 1.54) is 18.9 Å². The lowest BCUT2D eigenvalue weighted by Crippen LogP contribution is -2.32. The molecule has 4 aromatic rings. The number of anilines is 1. The van der Waals surface area contributed by atoms with Crippen LogP contribution < -0.4 is 10.6 Å². The molecule has 5 rings (SSSR count). The van der Waals surface area contributed by atoms with E-state index >= 15 is 0 Å². The van der Waals surface area contributed by atoms with E-state index in [9.17, 15) is 8.78 Å². The first-order valence-corrected chi connectivity index (χ1v) is 11.2. The van der Waals surface area contributed by atoms with Gasteiger partial charge in [0.15, 0.2) is 23.1 Å². The van der Waals surface area contributed by atoms with Crippen LogP contribution in [0.25, 0.3) is 21.9 Å². The molecular weight excluding hydrogens is 418 g/mol. The Morgan fingerprint density at radius 1 is 1.19 bits per heavy atom. The lowest BCUT2D eigenvalue weighted by molar-refractivity contribution is 0.341. The summed E-state index contributed by atoms with van der Waals surface area (Å²) >= 11 is 1.65. The van der Waals surface area contributed by atoms with Crippen LogP contribution in [0.2, 0.25) is 0 Å². The molecule has 1 aliphatic heterocycles. The summed E-state index contributed by atoms with van der Waals surface area (Å²) in [5, 5.41) is 8.63. The summed E-state index contributed by atoms with van der Waals surface area (Å²) in [5.74, 6) is 0.123. The van der Waals surface area contributed by atoms with Crippen molar-refractivity contribution in [3.05, 3.63) is 59.1 Å². The van der Waals surface area contributed by atoms with Crippen molar-refractivity contribution in [3.8, 4) is 10.7 Å². The number of rotatable bonds is 6. The molecule has 1 aliphatic rings. The van der Waals surface area contributed by atoms with Crippen LogP contribution in [0.1, 0.15) is 18.4 Å². The van der Waals surface area contributed by atoms with Gasteiger partial charge in [0.05, 0.1) is 11.1 Å². The third kappa shape index (κ3) is 4.28. The SMILES string of the molecule is Fc1ccc(CNc2ncc3nc(-c4cccs4)n(C[C@H]4CCCNC4)c3n2)cc1F. The Balaban J connectivity index is 1.46. The van der Waals surface area contributed by atoms with Crippen LogP contribution in [0, 0.1) is 17.6 Å². The third-order valence-electron chi connectivity index (χ3n) is 5.50. The van der Waals surface area contributed by atoms with Gasteiger partial charge in [0.25, 0.3) is 0 Å². The lowest BCUT2D eigenvalue weighted by atomic mass is 9.99. The monoisotopic (exact) mass is 440 g/mol. The van der Waals surface area contributed by atoms with E-state index in [4.69, 9.17) is 9.97 Å². The molecule has 0 aliphatic carbocycles. The largest absolute Gasteiger partial charge is 0.350 e. The Kier molecular flexibility index (Phi) is 5.61. The summed E-state index contributed by atoms with van der Waals surface area (Å²) in [6.07, 6.45) is 4.05. The fourth-order valence-electron chi connectivity index (χ4n) is 3.94. The van der Waals surface area contributed by atoms with E-state index in [0.29, 0.717) is 24.0 Å². The Bertz CT molecular complexity index is 1180. The van der Waals surface area contributed by atoms with E-state index in [2.05, 4.69) is 26.3 Å². The maximum atomic E-state index is 13.5. The number of hydrogen-bond acceptors (Lipinski definition) is 6. The number of halogens is 2. The molecule has 1 atom stereocenters. The number of imidazole rings is 1. The highest BCUT2D eigenvalue weighted by atomic mass is 32.1. The topological polar surface area (TPSA) is 67.7 Å². The molecule has 0 amide bonds. The van der Waals surface area contributed by atoms with Crippen LogP contribution in [0.3, 0.4) is 0 Å². The summed E-state index contributed by atoms with van der Waals surface area (Å²) < 4.78 is 28.8. The molecule has 1 fully saturated rings. The number of aromatic nitrogens is 4. The fraction of sp³-hybridized carbons (Fsp3) is 0.318. The van der Waals surface area contributed by atoms with Gasteiger partial charge in [0.2, 0.25) is 5.95 Å². The number of nitrogens with zero attached hydrogens (tertiary/aromatic N) is 4. The molecule has 31 heavy (non-hydrogen) atoms. The number of nitrogens with one attached hydrogen (secondary N) is 2. The Labute approximate surface area is 182 Å². The number of fused-ring (bicyclic) bond motifs is 1. The zero-order valence-corrected chi connectivity index (χ0v) is 17.6. The molecular formula is C22H22F2N6S. The van der Waals surface area contributed by atoms with Crippen molar-refractivity contribution in [1.82, 2.24) is 24.8 Å². The predicted octanol–water partition coefficient (Wildman–Crippen LogP) is 4.44. The standard InChI is InChI=1S/C22H22F2N6S/c23-16-6-5-14(9-17(16)24)11-26-22-27-12-18-20(29-22)30(13-15-3-1-7-25-10-15)21(28-18)19-4-2-8-31-19/h2,4-6,8-9,12,15,25H,1,3,7,10-11,13H2,(H,26,27,29)/t15-/m0/s1. The molecule has 9 heteroatoms. The van der Waals surface area contributed by atoms with E-state index < -0.39 is 11.6 Å². The van der Waals surface area contributed by atoms with Gasteiger partial charge in [-0.25, -0.2) is 18.7 Å². The number of piperidine rings is 1. The fourth-order valence-corrected chi connectivity index (χ4v) is 4.66. The molecule has 0 unspecified atom stereocenters. The number of benzene rings is 1. The summed E-state index contributed by atoms with van der Waals surface area (Å²) in [6, 6.07) is 7.93. The van der Waals surface area contributed by atoms with Crippen molar-refractivity contribution >= 4 is 28.4 Å². The molecule has 3 aromatic heterocycles. The summed E-state index contributed by atoms with van der Waals surface area (Å²) in [5.41, 5.74) is 2.13. The first kappa shape index (κ1) is 20.0. The van der Waals surface area contributed by atoms with Crippen LogP contribution in [-0.2, 0) is 13.1 Å². The van der Waals surface area contributed by atoms with E-state index in [0.717, 1.165) is 47.6 Å². The second-order valence-electron chi connectivity index (χ2n) is 7.74. The van der Waals surface area contributed by atoms with Crippen molar-refractivity contribution in [2.24, 2.45) is 5.92 Å². The van der Waals surface area contributed by atoms with E-state index in [1.54, 1.807) is 23.6 Å². The maximum Gasteiger partial charge on any atom is 0.225 e. The van der Waals surface area contributed by atoms with Crippen molar-refractivity contribution in [2.45, 2.75) is 25.9 Å². The van der Waals surface area contributed by atoms with Crippen LogP contribution >= 0.6 is 11.3 Å². The molecule has 0 spiro atoms. The molecule has 0 saturated carbocycles. The van der Waals surface area contributed by atoms with Gasteiger partial charge in [-0.15, -0.1) is 11.3 Å². The smallest absolute Gasteiger partial charge is 0.225 e. The number of thiophene rings is 1. The van der Waals surface area contributed by atoms with E-state index in [-0.39, 0.29) is 0 Å².